The lowest BCUT2D eigenvalue weighted by Crippen LogP contribution is -2.47. The summed E-state index contributed by atoms with van der Waals surface area (Å²) >= 11 is 1.70. The zero-order chi connectivity index (χ0) is 15.7. The molecule has 2 aromatic rings. The fourth-order valence-electron chi connectivity index (χ4n) is 2.89. The van der Waals surface area contributed by atoms with Gasteiger partial charge in [0.25, 0.3) is 0 Å². The van der Waals surface area contributed by atoms with E-state index < -0.39 is 10.0 Å². The van der Waals surface area contributed by atoms with E-state index in [-0.39, 0.29) is 6.04 Å². The summed E-state index contributed by atoms with van der Waals surface area (Å²) in [5.74, 6) is 0.918. The fraction of sp³-hybridized carbons (Fsp3) is 0.571. The number of nitrogens with zero attached hydrogens (tertiary/aromatic N) is 3. The molecule has 1 atom stereocenters. The van der Waals surface area contributed by atoms with Crippen LogP contribution in [0.2, 0.25) is 0 Å². The summed E-state index contributed by atoms with van der Waals surface area (Å²) in [6.07, 6.45) is 5.60. The number of anilines is 1. The van der Waals surface area contributed by atoms with Gasteiger partial charge in [-0.3, -0.25) is 0 Å². The Hall–Kier alpha value is -1.25. The van der Waals surface area contributed by atoms with Gasteiger partial charge in [0.15, 0.2) is 0 Å². The zero-order valence-corrected chi connectivity index (χ0v) is 14.4. The Bertz CT molecular complexity index is 772. The first-order chi connectivity index (χ1) is 10.5. The molecule has 3 heterocycles. The van der Waals surface area contributed by atoms with E-state index in [0.29, 0.717) is 6.54 Å². The third-order valence-corrected chi connectivity index (χ3v) is 5.76. The standard InChI is InChI=1S/C14H20N4O2S2/c1-3-11-7-12-13(15-9-16-14(12)21-11)18-6-4-5-10(8-18)17-22(2,19)20/h7,9-10,17H,3-6,8H2,1-2H3. The van der Waals surface area contributed by atoms with Gasteiger partial charge in [0.1, 0.15) is 17.0 Å². The number of aromatic nitrogens is 2. The zero-order valence-electron chi connectivity index (χ0n) is 12.7. The summed E-state index contributed by atoms with van der Waals surface area (Å²) in [4.78, 5) is 13.3. The van der Waals surface area contributed by atoms with Gasteiger partial charge in [0, 0.05) is 24.0 Å². The average molecular weight is 340 g/mol. The van der Waals surface area contributed by atoms with Crippen LogP contribution in [0.3, 0.4) is 0 Å². The van der Waals surface area contributed by atoms with Crippen molar-refractivity contribution in [2.45, 2.75) is 32.2 Å². The van der Waals surface area contributed by atoms with Gasteiger partial charge in [0.05, 0.1) is 11.6 Å². The predicted octanol–water partition coefficient (Wildman–Crippen LogP) is 1.77. The van der Waals surface area contributed by atoms with E-state index in [1.165, 1.54) is 11.1 Å². The third kappa shape index (κ3) is 3.39. The first-order valence-electron chi connectivity index (χ1n) is 7.42. The van der Waals surface area contributed by atoms with E-state index in [9.17, 15) is 8.42 Å². The van der Waals surface area contributed by atoms with Crippen molar-refractivity contribution in [2.75, 3.05) is 24.2 Å². The van der Waals surface area contributed by atoms with Gasteiger partial charge in [0.2, 0.25) is 10.0 Å². The molecule has 2 aromatic heterocycles. The Morgan fingerprint density at radius 1 is 1.45 bits per heavy atom. The van der Waals surface area contributed by atoms with E-state index in [4.69, 9.17) is 0 Å². The maximum atomic E-state index is 11.4. The molecule has 0 spiro atoms. The number of fused-ring (bicyclic) bond motifs is 1. The maximum absolute atomic E-state index is 11.4. The lowest BCUT2D eigenvalue weighted by Gasteiger charge is -2.33. The van der Waals surface area contributed by atoms with E-state index in [1.807, 2.05) is 0 Å². The molecule has 0 saturated carbocycles. The van der Waals surface area contributed by atoms with Crippen LogP contribution in [-0.2, 0) is 16.4 Å². The minimum absolute atomic E-state index is 0.0574. The van der Waals surface area contributed by atoms with Gasteiger partial charge in [-0.15, -0.1) is 11.3 Å². The number of nitrogens with one attached hydrogen (secondary N) is 1. The number of sulfonamides is 1. The molecule has 0 aromatic carbocycles. The summed E-state index contributed by atoms with van der Waals surface area (Å²) < 4.78 is 25.6. The summed E-state index contributed by atoms with van der Waals surface area (Å²) in [6.45, 7) is 3.67. The number of thiophene rings is 1. The highest BCUT2D eigenvalue weighted by atomic mass is 32.2. The summed E-state index contributed by atoms with van der Waals surface area (Å²) in [5.41, 5.74) is 0. The predicted molar refractivity (Wildman–Crippen MR) is 90.0 cm³/mol. The Labute approximate surface area is 134 Å². The molecule has 0 bridgehead atoms. The minimum Gasteiger partial charge on any atom is -0.354 e. The molecule has 0 aliphatic carbocycles. The van der Waals surface area contributed by atoms with Gasteiger partial charge in [-0.2, -0.15) is 0 Å². The molecule has 1 aliphatic rings. The molecule has 0 radical (unpaired) electrons. The number of rotatable bonds is 4. The van der Waals surface area contributed by atoms with Crippen LogP contribution in [0.1, 0.15) is 24.6 Å². The van der Waals surface area contributed by atoms with Crippen LogP contribution >= 0.6 is 11.3 Å². The van der Waals surface area contributed by atoms with Gasteiger partial charge >= 0.3 is 0 Å². The van der Waals surface area contributed by atoms with Gasteiger partial charge in [-0.25, -0.2) is 23.1 Å². The number of hydrogen-bond acceptors (Lipinski definition) is 6. The SMILES string of the molecule is CCc1cc2c(N3CCCC(NS(C)(=O)=O)C3)ncnc2s1. The van der Waals surface area contributed by atoms with E-state index >= 15 is 0 Å². The van der Waals surface area contributed by atoms with Gasteiger partial charge in [-0.05, 0) is 25.3 Å². The second-order valence-corrected chi connectivity index (χ2v) is 8.55. The Balaban J connectivity index is 1.88. The van der Waals surface area contributed by atoms with Crippen molar-refractivity contribution in [1.82, 2.24) is 14.7 Å². The number of aryl methyl sites for hydroxylation is 1. The van der Waals surface area contributed by atoms with Crippen molar-refractivity contribution in [3.63, 3.8) is 0 Å². The average Bonchev–Trinajstić information content (AvgIpc) is 2.88. The molecule has 1 fully saturated rings. The molecule has 0 amide bonds. The summed E-state index contributed by atoms with van der Waals surface area (Å²) in [5, 5.41) is 1.07. The molecule has 1 unspecified atom stereocenters. The number of piperidine rings is 1. The van der Waals surface area contributed by atoms with Crippen LogP contribution in [0.4, 0.5) is 5.82 Å². The molecule has 8 heteroatoms. The fourth-order valence-corrected chi connectivity index (χ4v) is 4.62. The van der Waals surface area contributed by atoms with E-state index in [1.54, 1.807) is 17.7 Å². The lowest BCUT2D eigenvalue weighted by molar-refractivity contribution is 0.466. The molecule has 3 rings (SSSR count). The Morgan fingerprint density at radius 3 is 3.00 bits per heavy atom. The van der Waals surface area contributed by atoms with Crippen molar-refractivity contribution >= 4 is 37.4 Å². The van der Waals surface area contributed by atoms with Gasteiger partial charge < -0.3 is 4.90 Å². The monoisotopic (exact) mass is 340 g/mol. The van der Waals surface area contributed by atoms with Gasteiger partial charge in [-0.1, -0.05) is 6.92 Å². The highest BCUT2D eigenvalue weighted by Crippen LogP contribution is 2.31. The van der Waals surface area contributed by atoms with Crippen molar-refractivity contribution in [1.29, 1.82) is 0 Å². The normalized spacial score (nSPS) is 19.7. The largest absolute Gasteiger partial charge is 0.354 e. The van der Waals surface area contributed by atoms with Crippen LogP contribution in [0.25, 0.3) is 10.2 Å². The molecule has 120 valence electrons. The third-order valence-electron chi connectivity index (χ3n) is 3.81. The van der Waals surface area contributed by atoms with Crippen LogP contribution in [0.5, 0.6) is 0 Å². The smallest absolute Gasteiger partial charge is 0.209 e. The van der Waals surface area contributed by atoms with Crippen LogP contribution in [0.15, 0.2) is 12.4 Å². The van der Waals surface area contributed by atoms with Crippen LogP contribution in [-0.4, -0.2) is 43.8 Å². The first kappa shape index (κ1) is 15.6. The second kappa shape index (κ2) is 6.10. The van der Waals surface area contributed by atoms with E-state index in [2.05, 4.69) is 32.6 Å². The van der Waals surface area contributed by atoms with Crippen molar-refractivity contribution in [3.05, 3.63) is 17.3 Å². The first-order valence-corrected chi connectivity index (χ1v) is 10.1. The van der Waals surface area contributed by atoms with Crippen molar-refractivity contribution < 1.29 is 8.42 Å². The molecule has 1 saturated heterocycles. The quantitative estimate of drug-likeness (QED) is 0.918. The molecular formula is C14H20N4O2S2. The van der Waals surface area contributed by atoms with Crippen LogP contribution in [0, 0.1) is 0 Å². The van der Waals surface area contributed by atoms with E-state index in [0.717, 1.165) is 41.8 Å². The molecule has 1 aliphatic heterocycles. The van der Waals surface area contributed by atoms with Crippen molar-refractivity contribution in [2.24, 2.45) is 0 Å². The number of hydrogen-bond donors (Lipinski definition) is 1. The maximum Gasteiger partial charge on any atom is 0.209 e. The minimum atomic E-state index is -3.18. The lowest BCUT2D eigenvalue weighted by atomic mass is 10.1. The second-order valence-electron chi connectivity index (χ2n) is 5.66. The summed E-state index contributed by atoms with van der Waals surface area (Å²) in [7, 11) is -3.18. The molecule has 6 nitrogen and oxygen atoms in total. The highest BCUT2D eigenvalue weighted by Gasteiger charge is 2.24. The molecular weight excluding hydrogens is 320 g/mol. The summed E-state index contributed by atoms with van der Waals surface area (Å²) in [6, 6.07) is 2.10. The van der Waals surface area contributed by atoms with Crippen molar-refractivity contribution in [3.8, 4) is 0 Å². The topological polar surface area (TPSA) is 75.2 Å². The molecule has 22 heavy (non-hydrogen) atoms. The Morgan fingerprint density at radius 2 is 2.27 bits per heavy atom. The molecule has 1 N–H and O–H groups in total. The highest BCUT2D eigenvalue weighted by molar-refractivity contribution is 7.88. The Kier molecular flexibility index (Phi) is 4.33. The van der Waals surface area contributed by atoms with Crippen LogP contribution < -0.4 is 9.62 Å².